The number of nitrogens with one attached hydrogen (secondary N) is 3. The summed E-state index contributed by atoms with van der Waals surface area (Å²) in [5, 5.41) is 12.3. The van der Waals surface area contributed by atoms with Crippen LogP contribution in [0, 0.1) is 5.41 Å². The molecular formula is C8H14N4O2. The molecule has 0 saturated carbocycles. The average Bonchev–Trinajstić information content (AvgIpc) is 2.41. The van der Waals surface area contributed by atoms with E-state index in [9.17, 15) is 9.59 Å². The minimum atomic E-state index is -0.438. The number of amides is 3. The molecule has 0 aromatic rings. The lowest BCUT2D eigenvalue weighted by Gasteiger charge is -2.19. The molecule has 3 N–H and O–H groups in total. The Morgan fingerprint density at radius 1 is 1.71 bits per heavy atom. The van der Waals surface area contributed by atoms with E-state index in [-0.39, 0.29) is 24.2 Å². The number of amidine groups is 1. The molecule has 0 aromatic heterocycles. The van der Waals surface area contributed by atoms with Crippen molar-refractivity contribution >= 4 is 17.8 Å². The van der Waals surface area contributed by atoms with E-state index in [2.05, 4.69) is 10.6 Å². The molecule has 0 aromatic carbocycles. The first-order valence-electron chi connectivity index (χ1n) is 4.46. The molecule has 1 unspecified atom stereocenters. The van der Waals surface area contributed by atoms with Crippen LogP contribution in [-0.2, 0) is 4.79 Å². The van der Waals surface area contributed by atoms with Gasteiger partial charge in [-0.05, 0) is 6.92 Å². The smallest absolute Gasteiger partial charge is 0.323 e. The highest BCUT2D eigenvalue weighted by atomic mass is 16.2. The molecule has 1 heterocycles. The van der Waals surface area contributed by atoms with Gasteiger partial charge >= 0.3 is 6.03 Å². The zero-order chi connectivity index (χ0) is 10.7. The number of likely N-dealkylation sites (N-methyl/N-ethyl adjacent to an activating group) is 1. The summed E-state index contributed by atoms with van der Waals surface area (Å²) >= 11 is 0. The number of hydrogen-bond acceptors (Lipinski definition) is 3. The van der Waals surface area contributed by atoms with Crippen molar-refractivity contribution in [1.29, 1.82) is 5.41 Å². The summed E-state index contributed by atoms with van der Waals surface area (Å²) in [6, 6.07) is -0.737. The Kier molecular flexibility index (Phi) is 3.06. The molecular weight excluding hydrogens is 184 g/mol. The topological polar surface area (TPSA) is 85.3 Å². The molecule has 1 rings (SSSR count). The molecule has 0 radical (unpaired) electrons. The summed E-state index contributed by atoms with van der Waals surface area (Å²) in [5.74, 6) is -0.0739. The standard InChI is InChI=1S/C8H14N4O2/c1-3-12-5(4-6(13)10-2)7(9)11-8(12)14/h5H,3-4H2,1-2H3,(H,10,13)(H2,9,11,14). The van der Waals surface area contributed by atoms with Crippen molar-refractivity contribution in [3.05, 3.63) is 0 Å². The van der Waals surface area contributed by atoms with Gasteiger partial charge in [-0.15, -0.1) is 0 Å². The van der Waals surface area contributed by atoms with E-state index < -0.39 is 6.04 Å². The van der Waals surface area contributed by atoms with Gasteiger partial charge in [0.25, 0.3) is 0 Å². The largest absolute Gasteiger partial charge is 0.359 e. The van der Waals surface area contributed by atoms with Crippen molar-refractivity contribution < 1.29 is 9.59 Å². The van der Waals surface area contributed by atoms with Gasteiger partial charge < -0.3 is 10.2 Å². The quantitative estimate of drug-likeness (QED) is 0.571. The molecule has 14 heavy (non-hydrogen) atoms. The Labute approximate surface area is 82.2 Å². The van der Waals surface area contributed by atoms with Gasteiger partial charge in [-0.1, -0.05) is 0 Å². The monoisotopic (exact) mass is 198 g/mol. The molecule has 6 nitrogen and oxygen atoms in total. The Hall–Kier alpha value is -1.59. The van der Waals surface area contributed by atoms with Crippen LogP contribution in [0.1, 0.15) is 13.3 Å². The predicted molar refractivity (Wildman–Crippen MR) is 51.1 cm³/mol. The van der Waals surface area contributed by atoms with Gasteiger partial charge in [-0.3, -0.25) is 15.5 Å². The highest BCUT2D eigenvalue weighted by Gasteiger charge is 2.35. The number of nitrogens with zero attached hydrogens (tertiary/aromatic N) is 1. The fraction of sp³-hybridized carbons (Fsp3) is 0.625. The van der Waals surface area contributed by atoms with E-state index in [4.69, 9.17) is 5.41 Å². The van der Waals surface area contributed by atoms with Crippen molar-refractivity contribution in [2.75, 3.05) is 13.6 Å². The minimum absolute atomic E-state index is 0.0976. The van der Waals surface area contributed by atoms with Gasteiger partial charge in [-0.2, -0.15) is 0 Å². The van der Waals surface area contributed by atoms with Crippen LogP contribution in [0.25, 0.3) is 0 Å². The van der Waals surface area contributed by atoms with Gasteiger partial charge in [0.1, 0.15) is 5.84 Å². The van der Waals surface area contributed by atoms with Crippen LogP contribution in [-0.4, -0.2) is 42.3 Å². The Bertz CT molecular complexity index is 277. The first kappa shape index (κ1) is 10.5. The SMILES string of the molecule is CCN1C(=O)NC(=N)C1CC(=O)NC. The molecule has 78 valence electrons. The zero-order valence-corrected chi connectivity index (χ0v) is 8.26. The molecule has 6 heteroatoms. The third-order valence-corrected chi connectivity index (χ3v) is 2.21. The molecule has 1 atom stereocenters. The Morgan fingerprint density at radius 2 is 2.36 bits per heavy atom. The second kappa shape index (κ2) is 4.08. The van der Waals surface area contributed by atoms with E-state index in [1.54, 1.807) is 0 Å². The van der Waals surface area contributed by atoms with E-state index in [1.807, 2.05) is 6.92 Å². The number of urea groups is 1. The number of carbonyl (C=O) groups is 2. The Balaban J connectivity index is 2.70. The van der Waals surface area contributed by atoms with Crippen LogP contribution in [0.5, 0.6) is 0 Å². The third-order valence-electron chi connectivity index (χ3n) is 2.21. The minimum Gasteiger partial charge on any atom is -0.359 e. The lowest BCUT2D eigenvalue weighted by Crippen LogP contribution is -2.38. The average molecular weight is 198 g/mol. The van der Waals surface area contributed by atoms with Crippen molar-refractivity contribution in [1.82, 2.24) is 15.5 Å². The maximum absolute atomic E-state index is 11.2. The fourth-order valence-corrected chi connectivity index (χ4v) is 1.42. The molecule has 1 aliphatic rings. The fourth-order valence-electron chi connectivity index (χ4n) is 1.42. The van der Waals surface area contributed by atoms with Gasteiger partial charge in [0.05, 0.1) is 12.5 Å². The maximum atomic E-state index is 11.2. The molecule has 1 fully saturated rings. The normalized spacial score (nSPS) is 21.0. The summed E-state index contributed by atoms with van der Waals surface area (Å²) < 4.78 is 0. The number of rotatable bonds is 3. The highest BCUT2D eigenvalue weighted by Crippen LogP contribution is 2.11. The summed E-state index contributed by atoms with van der Waals surface area (Å²) in [6.07, 6.45) is 0.141. The van der Waals surface area contributed by atoms with Crippen LogP contribution < -0.4 is 10.6 Å². The number of carbonyl (C=O) groups excluding carboxylic acids is 2. The van der Waals surface area contributed by atoms with Gasteiger partial charge in [0, 0.05) is 13.6 Å². The third kappa shape index (κ3) is 1.84. The molecule has 3 amide bonds. The van der Waals surface area contributed by atoms with Crippen LogP contribution in [0.3, 0.4) is 0 Å². The summed E-state index contributed by atoms with van der Waals surface area (Å²) in [7, 11) is 1.53. The van der Waals surface area contributed by atoms with Crippen molar-refractivity contribution in [2.24, 2.45) is 0 Å². The van der Waals surface area contributed by atoms with E-state index in [0.29, 0.717) is 6.54 Å². The maximum Gasteiger partial charge on any atom is 0.323 e. The Morgan fingerprint density at radius 3 is 2.86 bits per heavy atom. The van der Waals surface area contributed by atoms with Crippen molar-refractivity contribution in [3.8, 4) is 0 Å². The van der Waals surface area contributed by atoms with Gasteiger partial charge in [0.15, 0.2) is 0 Å². The van der Waals surface area contributed by atoms with Crippen LogP contribution in [0.2, 0.25) is 0 Å². The molecule has 1 saturated heterocycles. The lowest BCUT2D eigenvalue weighted by molar-refractivity contribution is -0.121. The second-order valence-electron chi connectivity index (χ2n) is 3.02. The molecule has 1 aliphatic heterocycles. The molecule has 0 spiro atoms. The van der Waals surface area contributed by atoms with Gasteiger partial charge in [0.2, 0.25) is 5.91 Å². The lowest BCUT2D eigenvalue weighted by atomic mass is 10.1. The number of hydrogen-bond donors (Lipinski definition) is 3. The van der Waals surface area contributed by atoms with Gasteiger partial charge in [-0.25, -0.2) is 4.79 Å². The van der Waals surface area contributed by atoms with Crippen molar-refractivity contribution in [2.45, 2.75) is 19.4 Å². The summed E-state index contributed by atoms with van der Waals surface area (Å²) in [6.45, 7) is 2.31. The van der Waals surface area contributed by atoms with E-state index in [1.165, 1.54) is 11.9 Å². The zero-order valence-electron chi connectivity index (χ0n) is 8.26. The predicted octanol–water partition coefficient (Wildman–Crippen LogP) is -0.487. The van der Waals surface area contributed by atoms with Crippen LogP contribution in [0.15, 0.2) is 0 Å². The summed E-state index contributed by atoms with van der Waals surface area (Å²) in [4.78, 5) is 23.8. The molecule has 0 aliphatic carbocycles. The van der Waals surface area contributed by atoms with Crippen molar-refractivity contribution in [3.63, 3.8) is 0 Å². The van der Waals surface area contributed by atoms with E-state index >= 15 is 0 Å². The first-order valence-corrected chi connectivity index (χ1v) is 4.46. The molecule has 0 bridgehead atoms. The van der Waals surface area contributed by atoms with E-state index in [0.717, 1.165) is 0 Å². The summed E-state index contributed by atoms with van der Waals surface area (Å²) in [5.41, 5.74) is 0. The van der Waals surface area contributed by atoms with Crippen LogP contribution in [0.4, 0.5) is 4.79 Å². The second-order valence-corrected chi connectivity index (χ2v) is 3.02. The first-order chi connectivity index (χ1) is 6.60. The van der Waals surface area contributed by atoms with Crippen LogP contribution >= 0.6 is 0 Å². The highest BCUT2D eigenvalue weighted by molar-refractivity contribution is 6.07.